The third-order valence-corrected chi connectivity index (χ3v) is 5.01. The van der Waals surface area contributed by atoms with Crippen LogP contribution in [-0.2, 0) is 0 Å². The average Bonchev–Trinajstić information content (AvgIpc) is 2.49. The van der Waals surface area contributed by atoms with E-state index in [0.29, 0.717) is 0 Å². The highest BCUT2D eigenvalue weighted by atomic mass is 31.0. The summed E-state index contributed by atoms with van der Waals surface area (Å²) < 4.78 is 0. The predicted molar refractivity (Wildman–Crippen MR) is 106 cm³/mol. The maximum atomic E-state index is 2.79. The molecule has 1 heteroatoms. The van der Waals surface area contributed by atoms with E-state index in [0.717, 1.165) is 0 Å². The summed E-state index contributed by atoms with van der Waals surface area (Å²) in [4.78, 5) is 0. The lowest BCUT2D eigenvalue weighted by Gasteiger charge is -2.12. The first-order valence-corrected chi connectivity index (χ1v) is 8.57. The van der Waals surface area contributed by atoms with Gasteiger partial charge in [0.05, 0.1) is 0 Å². The van der Waals surface area contributed by atoms with Crippen LogP contribution >= 0.6 is 9.24 Å². The first-order chi connectivity index (χ1) is 10.9. The third kappa shape index (κ3) is 3.38. The molecule has 0 aliphatic heterocycles. The molecule has 0 nitrogen and oxygen atoms in total. The minimum Gasteiger partial charge on any atom is -0.105 e. The second-order valence-electron chi connectivity index (χ2n) is 6.48. The van der Waals surface area contributed by atoms with Gasteiger partial charge in [0.25, 0.3) is 0 Å². The molecule has 0 aromatic heterocycles. The van der Waals surface area contributed by atoms with Gasteiger partial charge in [0.2, 0.25) is 0 Å². The lowest BCUT2D eigenvalue weighted by atomic mass is 9.93. The molecular weight excluding hydrogens is 295 g/mol. The number of aryl methyl sites for hydroxylation is 4. The summed E-state index contributed by atoms with van der Waals surface area (Å²) in [6.07, 6.45) is 0. The summed E-state index contributed by atoms with van der Waals surface area (Å²) in [7, 11) is 2.79. The summed E-state index contributed by atoms with van der Waals surface area (Å²) in [6, 6.07) is 20.2. The third-order valence-electron chi connectivity index (χ3n) is 4.36. The van der Waals surface area contributed by atoms with Crippen molar-refractivity contribution >= 4 is 14.5 Å². The summed E-state index contributed by atoms with van der Waals surface area (Å²) in [5, 5.41) is 1.26. The van der Waals surface area contributed by atoms with Crippen molar-refractivity contribution in [3.05, 3.63) is 76.9 Å². The predicted octanol–water partition coefficient (Wildman–Crippen LogP) is 5.75. The number of benzene rings is 3. The Bertz CT molecular complexity index is 855. The molecule has 0 heterocycles. The monoisotopic (exact) mass is 318 g/mol. The van der Waals surface area contributed by atoms with Crippen LogP contribution in [-0.4, -0.2) is 0 Å². The smallest absolute Gasteiger partial charge is 0.0154 e. The molecule has 0 fully saturated rings. The van der Waals surface area contributed by atoms with Gasteiger partial charge in [-0.25, -0.2) is 0 Å². The van der Waals surface area contributed by atoms with Crippen LogP contribution in [0, 0.1) is 27.7 Å². The van der Waals surface area contributed by atoms with Gasteiger partial charge in [-0.15, -0.1) is 9.24 Å². The maximum Gasteiger partial charge on any atom is -0.0154 e. The van der Waals surface area contributed by atoms with Crippen LogP contribution < -0.4 is 5.30 Å². The Kier molecular flexibility index (Phi) is 4.37. The second-order valence-corrected chi connectivity index (χ2v) is 7.10. The van der Waals surface area contributed by atoms with Crippen LogP contribution in [0.4, 0.5) is 0 Å². The molecule has 0 radical (unpaired) electrons. The van der Waals surface area contributed by atoms with Crippen molar-refractivity contribution in [3.63, 3.8) is 0 Å². The van der Waals surface area contributed by atoms with E-state index in [1.54, 1.807) is 0 Å². The minimum absolute atomic E-state index is 1.26. The normalized spacial score (nSPS) is 10.8. The van der Waals surface area contributed by atoms with Gasteiger partial charge in [-0.1, -0.05) is 65.7 Å². The highest BCUT2D eigenvalue weighted by molar-refractivity contribution is 7.27. The Labute approximate surface area is 141 Å². The van der Waals surface area contributed by atoms with Gasteiger partial charge >= 0.3 is 0 Å². The maximum absolute atomic E-state index is 2.79. The summed E-state index contributed by atoms with van der Waals surface area (Å²) in [5.41, 5.74) is 10.4. The lowest BCUT2D eigenvalue weighted by Crippen LogP contribution is -1.96. The molecule has 0 saturated carbocycles. The summed E-state index contributed by atoms with van der Waals surface area (Å²) in [6.45, 7) is 8.68. The van der Waals surface area contributed by atoms with E-state index in [1.165, 1.54) is 49.8 Å². The fourth-order valence-corrected chi connectivity index (χ4v) is 3.33. The molecule has 23 heavy (non-hydrogen) atoms. The van der Waals surface area contributed by atoms with Crippen LogP contribution in [0.5, 0.6) is 0 Å². The average molecular weight is 318 g/mol. The van der Waals surface area contributed by atoms with E-state index in [2.05, 4.69) is 91.5 Å². The van der Waals surface area contributed by atoms with Crippen molar-refractivity contribution in [2.24, 2.45) is 0 Å². The van der Waals surface area contributed by atoms with Crippen molar-refractivity contribution in [3.8, 4) is 22.3 Å². The first-order valence-electron chi connectivity index (χ1n) is 8.00. The Morgan fingerprint density at radius 2 is 1.13 bits per heavy atom. The number of hydrogen-bond donors (Lipinski definition) is 0. The van der Waals surface area contributed by atoms with Gasteiger partial charge in [-0.05, 0) is 66.4 Å². The van der Waals surface area contributed by atoms with Crippen molar-refractivity contribution in [1.82, 2.24) is 0 Å². The van der Waals surface area contributed by atoms with E-state index in [9.17, 15) is 0 Å². The van der Waals surface area contributed by atoms with Gasteiger partial charge in [0.15, 0.2) is 0 Å². The zero-order valence-electron chi connectivity index (χ0n) is 14.3. The van der Waals surface area contributed by atoms with E-state index >= 15 is 0 Å². The SMILES string of the molecule is Cc1cc(C)cc(-c2ccc(-c3ccc(P)c(C)c3)cc2C)c1. The second kappa shape index (κ2) is 6.30. The van der Waals surface area contributed by atoms with Crippen LogP contribution in [0.3, 0.4) is 0 Å². The highest BCUT2D eigenvalue weighted by Crippen LogP contribution is 2.30. The molecule has 0 aliphatic rings. The zero-order valence-corrected chi connectivity index (χ0v) is 15.4. The lowest BCUT2D eigenvalue weighted by molar-refractivity contribution is 1.37. The molecule has 0 spiro atoms. The Morgan fingerprint density at radius 1 is 0.565 bits per heavy atom. The molecular formula is C22H23P. The van der Waals surface area contributed by atoms with E-state index in [-0.39, 0.29) is 0 Å². The topological polar surface area (TPSA) is 0 Å². The quantitative estimate of drug-likeness (QED) is 0.527. The molecule has 3 aromatic carbocycles. The minimum atomic E-state index is 1.26. The molecule has 0 N–H and O–H groups in total. The van der Waals surface area contributed by atoms with Gasteiger partial charge in [-0.2, -0.15) is 0 Å². The highest BCUT2D eigenvalue weighted by Gasteiger charge is 2.06. The molecule has 3 rings (SSSR count). The van der Waals surface area contributed by atoms with Crippen LogP contribution in [0.15, 0.2) is 54.6 Å². The largest absolute Gasteiger partial charge is 0.105 e. The Morgan fingerprint density at radius 3 is 1.70 bits per heavy atom. The van der Waals surface area contributed by atoms with Crippen molar-refractivity contribution < 1.29 is 0 Å². The van der Waals surface area contributed by atoms with Gasteiger partial charge in [-0.3, -0.25) is 0 Å². The summed E-state index contributed by atoms with van der Waals surface area (Å²) >= 11 is 0. The van der Waals surface area contributed by atoms with Crippen LogP contribution in [0.2, 0.25) is 0 Å². The van der Waals surface area contributed by atoms with Gasteiger partial charge < -0.3 is 0 Å². The molecule has 0 bridgehead atoms. The van der Waals surface area contributed by atoms with Crippen LogP contribution in [0.1, 0.15) is 22.3 Å². The summed E-state index contributed by atoms with van der Waals surface area (Å²) in [5.74, 6) is 0. The Balaban J connectivity index is 2.05. The molecule has 116 valence electrons. The molecule has 0 saturated heterocycles. The van der Waals surface area contributed by atoms with Gasteiger partial charge in [0, 0.05) is 0 Å². The fraction of sp³-hybridized carbons (Fsp3) is 0.182. The standard InChI is InChI=1S/C22H23P/c1-14-9-15(2)11-20(10-14)21-7-5-18(12-16(21)3)19-6-8-22(23)17(4)13-19/h5-13H,23H2,1-4H3. The first kappa shape index (κ1) is 16.0. The van der Waals surface area contributed by atoms with E-state index in [4.69, 9.17) is 0 Å². The van der Waals surface area contributed by atoms with E-state index < -0.39 is 0 Å². The van der Waals surface area contributed by atoms with Crippen LogP contribution in [0.25, 0.3) is 22.3 Å². The van der Waals surface area contributed by atoms with Gasteiger partial charge in [0.1, 0.15) is 0 Å². The molecule has 3 aromatic rings. The fourth-order valence-electron chi connectivity index (χ4n) is 3.15. The molecule has 1 unspecified atom stereocenters. The number of hydrogen-bond acceptors (Lipinski definition) is 0. The number of rotatable bonds is 2. The van der Waals surface area contributed by atoms with E-state index in [1.807, 2.05) is 0 Å². The molecule has 0 aliphatic carbocycles. The Hall–Kier alpha value is -1.91. The van der Waals surface area contributed by atoms with Crippen molar-refractivity contribution in [1.29, 1.82) is 0 Å². The molecule has 0 amide bonds. The molecule has 1 atom stereocenters. The van der Waals surface area contributed by atoms with Crippen molar-refractivity contribution in [2.75, 3.05) is 0 Å². The van der Waals surface area contributed by atoms with Crippen molar-refractivity contribution in [2.45, 2.75) is 27.7 Å². The zero-order chi connectivity index (χ0) is 16.6.